The van der Waals surface area contributed by atoms with Gasteiger partial charge in [-0.3, -0.25) is 9.69 Å². The van der Waals surface area contributed by atoms with E-state index in [0.717, 1.165) is 0 Å². The van der Waals surface area contributed by atoms with E-state index >= 15 is 8.78 Å². The second kappa shape index (κ2) is 8.65. The van der Waals surface area contributed by atoms with Crippen molar-refractivity contribution in [1.29, 1.82) is 0 Å². The summed E-state index contributed by atoms with van der Waals surface area (Å²) in [4.78, 5) is 27.2. The highest BCUT2D eigenvalue weighted by Crippen LogP contribution is 2.45. The van der Waals surface area contributed by atoms with Gasteiger partial charge in [-0.1, -0.05) is 37.3 Å². The number of amides is 1. The van der Waals surface area contributed by atoms with Crippen LogP contribution in [-0.2, 0) is 15.5 Å². The molecule has 3 heterocycles. The smallest absolute Gasteiger partial charge is 0.414 e. The molecule has 190 valence electrons. The minimum atomic E-state index is -3.48. The van der Waals surface area contributed by atoms with E-state index in [4.69, 9.17) is 15.2 Å². The molecule has 0 radical (unpaired) electrons. The molecule has 2 aliphatic rings. The van der Waals surface area contributed by atoms with Crippen LogP contribution in [0.2, 0.25) is 0 Å². The summed E-state index contributed by atoms with van der Waals surface area (Å²) in [7, 11) is 0. The Morgan fingerprint density at radius 1 is 1.25 bits per heavy atom. The number of anilines is 1. The van der Waals surface area contributed by atoms with Gasteiger partial charge in [-0.15, -0.1) is 0 Å². The number of benzene rings is 2. The van der Waals surface area contributed by atoms with E-state index in [1.54, 1.807) is 37.3 Å². The number of aliphatic hydroxyl groups is 1. The van der Waals surface area contributed by atoms with Gasteiger partial charge in [0.15, 0.2) is 0 Å². The highest BCUT2D eigenvalue weighted by molar-refractivity contribution is 5.95. The molecule has 2 aromatic carbocycles. The van der Waals surface area contributed by atoms with Crippen LogP contribution in [0.25, 0.3) is 22.0 Å². The van der Waals surface area contributed by atoms with E-state index < -0.39 is 35.4 Å². The Morgan fingerprint density at radius 2 is 2.00 bits per heavy atom. The predicted molar refractivity (Wildman–Crippen MR) is 130 cm³/mol. The average Bonchev–Trinajstić information content (AvgIpc) is 3.36. The molecular weight excluding hydrogens is 472 g/mol. The van der Waals surface area contributed by atoms with Gasteiger partial charge >= 0.3 is 12.1 Å². The lowest BCUT2D eigenvalue weighted by atomic mass is 9.94. The zero-order valence-electron chi connectivity index (χ0n) is 19.9. The SMILES string of the molecule is CCC(C)(OCC1CN(c2ccc3cc4n(c(=O)c3c2)C(F)(F)c2ccccc2-4)C(=O)O1)[C@@H](N)CO. The van der Waals surface area contributed by atoms with Crippen LogP contribution in [0.1, 0.15) is 25.8 Å². The van der Waals surface area contributed by atoms with Gasteiger partial charge < -0.3 is 20.3 Å². The second-order valence-corrected chi connectivity index (χ2v) is 9.41. The molecule has 0 aliphatic carbocycles. The zero-order valence-corrected chi connectivity index (χ0v) is 19.9. The molecule has 1 saturated heterocycles. The third-order valence-corrected chi connectivity index (χ3v) is 7.28. The van der Waals surface area contributed by atoms with Crippen LogP contribution >= 0.6 is 0 Å². The first-order valence-corrected chi connectivity index (χ1v) is 11.8. The molecule has 3 atom stereocenters. The van der Waals surface area contributed by atoms with Crippen LogP contribution < -0.4 is 16.2 Å². The first-order valence-electron chi connectivity index (χ1n) is 11.8. The molecule has 0 bridgehead atoms. The first kappa shape index (κ1) is 24.4. The third kappa shape index (κ3) is 3.68. The lowest BCUT2D eigenvalue weighted by Gasteiger charge is -2.34. The number of rotatable bonds is 7. The van der Waals surface area contributed by atoms with Crippen LogP contribution in [0.3, 0.4) is 0 Å². The zero-order chi connectivity index (χ0) is 25.8. The molecule has 3 aromatic rings. The van der Waals surface area contributed by atoms with Gasteiger partial charge in [-0.25, -0.2) is 9.36 Å². The van der Waals surface area contributed by atoms with E-state index in [9.17, 15) is 14.7 Å². The molecule has 1 aromatic heterocycles. The number of aliphatic hydroxyl groups excluding tert-OH is 1. The standard InChI is InChI=1S/C26H27F2N3O5/c1-3-25(2,22(29)13-32)35-14-17-12-30(24(34)36-17)16-9-8-15-10-21-18-6-4-5-7-20(18)26(27,28)31(21)23(33)19(15)11-16/h4-11,17,22,32H,3,12-14,29H2,1-2H3/t17?,22-,25?/m0/s1. The molecule has 0 spiro atoms. The lowest BCUT2D eigenvalue weighted by Crippen LogP contribution is -2.50. The van der Waals surface area contributed by atoms with Crippen molar-refractivity contribution in [3.63, 3.8) is 0 Å². The van der Waals surface area contributed by atoms with Crippen LogP contribution in [0, 0.1) is 0 Å². The summed E-state index contributed by atoms with van der Waals surface area (Å²) in [6, 6.07) is 8.26. The van der Waals surface area contributed by atoms with Gasteiger partial charge in [0.1, 0.15) is 6.10 Å². The highest BCUT2D eigenvalue weighted by Gasteiger charge is 2.45. The van der Waals surface area contributed by atoms with E-state index in [1.807, 2.05) is 6.92 Å². The van der Waals surface area contributed by atoms with Crippen LogP contribution in [0.5, 0.6) is 0 Å². The number of pyridine rings is 1. The van der Waals surface area contributed by atoms with Gasteiger partial charge in [-0.2, -0.15) is 8.78 Å². The molecule has 0 saturated carbocycles. The maximum atomic E-state index is 15.2. The third-order valence-electron chi connectivity index (χ3n) is 7.28. The van der Waals surface area contributed by atoms with Crippen molar-refractivity contribution in [2.45, 2.75) is 44.1 Å². The molecule has 2 unspecified atom stereocenters. The van der Waals surface area contributed by atoms with Crippen LogP contribution in [-0.4, -0.2) is 53.3 Å². The molecular formula is C26H27F2N3O5. The number of cyclic esters (lactones) is 1. The molecule has 1 amide bonds. The number of ether oxygens (including phenoxy) is 2. The van der Waals surface area contributed by atoms with Crippen molar-refractivity contribution in [3.8, 4) is 11.3 Å². The largest absolute Gasteiger partial charge is 0.441 e. The maximum absolute atomic E-state index is 15.2. The van der Waals surface area contributed by atoms with E-state index in [2.05, 4.69) is 0 Å². The number of nitrogens with zero attached hydrogens (tertiary/aromatic N) is 2. The van der Waals surface area contributed by atoms with Gasteiger partial charge in [-0.05, 0) is 36.9 Å². The maximum Gasteiger partial charge on any atom is 0.414 e. The fourth-order valence-electron chi connectivity index (χ4n) is 4.80. The van der Waals surface area contributed by atoms with Gasteiger partial charge in [0.25, 0.3) is 5.56 Å². The first-order chi connectivity index (χ1) is 17.1. The Labute approximate surface area is 205 Å². The highest BCUT2D eigenvalue weighted by atomic mass is 19.3. The second-order valence-electron chi connectivity index (χ2n) is 9.41. The minimum absolute atomic E-state index is 0.0640. The molecule has 3 N–H and O–H groups in total. The van der Waals surface area contributed by atoms with Crippen molar-refractivity contribution in [3.05, 3.63) is 64.4 Å². The summed E-state index contributed by atoms with van der Waals surface area (Å²) >= 11 is 0. The van der Waals surface area contributed by atoms with Crippen molar-refractivity contribution >= 4 is 22.6 Å². The van der Waals surface area contributed by atoms with Gasteiger partial charge in [0, 0.05) is 16.6 Å². The summed E-state index contributed by atoms with van der Waals surface area (Å²) in [5.41, 5.74) is 4.94. The van der Waals surface area contributed by atoms with E-state index in [1.165, 1.54) is 23.1 Å². The molecule has 36 heavy (non-hydrogen) atoms. The topological polar surface area (TPSA) is 107 Å². The number of carbonyl (C=O) groups is 1. The number of hydrogen-bond donors (Lipinski definition) is 2. The molecule has 2 aliphatic heterocycles. The fraction of sp³-hybridized carbons (Fsp3) is 0.385. The van der Waals surface area contributed by atoms with E-state index in [-0.39, 0.29) is 36.4 Å². The molecule has 10 heteroatoms. The van der Waals surface area contributed by atoms with Crippen molar-refractivity contribution in [1.82, 2.24) is 4.57 Å². The number of aromatic nitrogens is 1. The van der Waals surface area contributed by atoms with Crippen molar-refractivity contribution < 1.29 is 28.2 Å². The van der Waals surface area contributed by atoms with Gasteiger partial charge in [0.05, 0.1) is 42.7 Å². The number of nitrogens with two attached hydrogens (primary N) is 1. The van der Waals surface area contributed by atoms with Gasteiger partial charge in [0.2, 0.25) is 0 Å². The molecule has 8 nitrogen and oxygen atoms in total. The quantitative estimate of drug-likeness (QED) is 0.516. The van der Waals surface area contributed by atoms with Crippen molar-refractivity contribution in [2.24, 2.45) is 5.73 Å². The number of fused-ring (bicyclic) bond motifs is 4. The van der Waals surface area contributed by atoms with Crippen molar-refractivity contribution in [2.75, 3.05) is 24.7 Å². The van der Waals surface area contributed by atoms with Crippen LogP contribution in [0.15, 0.2) is 53.3 Å². The number of carbonyl (C=O) groups excluding carboxylic acids is 1. The summed E-state index contributed by atoms with van der Waals surface area (Å²) < 4.78 is 42.2. The number of halogens is 2. The summed E-state index contributed by atoms with van der Waals surface area (Å²) in [6.07, 6.45) is -0.691. The number of alkyl halides is 2. The molecule has 1 fully saturated rings. The average molecular weight is 500 g/mol. The normalized spacial score (nSPS) is 20.7. The Morgan fingerprint density at radius 3 is 2.72 bits per heavy atom. The Balaban J connectivity index is 1.44. The summed E-state index contributed by atoms with van der Waals surface area (Å²) in [5.74, 6) is 0. The Hall–Kier alpha value is -3.34. The predicted octanol–water partition coefficient (Wildman–Crippen LogP) is 3.41. The van der Waals surface area contributed by atoms with Crippen LogP contribution in [0.4, 0.5) is 19.3 Å². The fourth-order valence-corrected chi connectivity index (χ4v) is 4.80. The Kier molecular flexibility index (Phi) is 5.85. The Bertz CT molecular complexity index is 1410. The lowest BCUT2D eigenvalue weighted by molar-refractivity contribution is -0.0863. The monoisotopic (exact) mass is 499 g/mol. The molecule has 5 rings (SSSR count). The van der Waals surface area contributed by atoms with E-state index in [0.29, 0.717) is 27.6 Å². The summed E-state index contributed by atoms with van der Waals surface area (Å²) in [5, 5.41) is 9.97. The summed E-state index contributed by atoms with van der Waals surface area (Å²) in [6.45, 7) is 3.63. The minimum Gasteiger partial charge on any atom is -0.441 e. The number of hydrogen-bond acceptors (Lipinski definition) is 6.